The molecule has 1 heterocycles. The van der Waals surface area contributed by atoms with Crippen molar-refractivity contribution in [3.63, 3.8) is 0 Å². The van der Waals surface area contributed by atoms with Crippen LogP contribution in [0.4, 0.5) is 4.39 Å². The number of nitrogens with one attached hydrogen (secondary N) is 2. The molecule has 0 bridgehead atoms. The van der Waals surface area contributed by atoms with Crippen LogP contribution in [0.2, 0.25) is 0 Å². The Balaban J connectivity index is 2.01. The lowest BCUT2D eigenvalue weighted by Gasteiger charge is -2.28. The summed E-state index contributed by atoms with van der Waals surface area (Å²) in [7, 11) is 0. The monoisotopic (exact) mass is 266 g/mol. The fraction of sp³-hybridized carbons (Fsp3) is 0.500. The molecule has 0 saturated carbocycles. The number of aromatic hydroxyl groups is 1. The minimum Gasteiger partial charge on any atom is -0.507 e. The van der Waals surface area contributed by atoms with E-state index in [9.17, 15) is 14.3 Å². The summed E-state index contributed by atoms with van der Waals surface area (Å²) < 4.78 is 13.1. The summed E-state index contributed by atoms with van der Waals surface area (Å²) >= 11 is 0. The van der Waals surface area contributed by atoms with Gasteiger partial charge in [-0.3, -0.25) is 4.79 Å². The third kappa shape index (κ3) is 3.44. The van der Waals surface area contributed by atoms with E-state index in [-0.39, 0.29) is 17.4 Å². The molecule has 0 radical (unpaired) electrons. The highest BCUT2D eigenvalue weighted by molar-refractivity contribution is 5.96. The smallest absolute Gasteiger partial charge is 0.255 e. The van der Waals surface area contributed by atoms with E-state index in [0.717, 1.165) is 38.1 Å². The maximum atomic E-state index is 13.1. The molecule has 1 aliphatic rings. The van der Waals surface area contributed by atoms with Crippen molar-refractivity contribution in [3.8, 4) is 5.75 Å². The first-order chi connectivity index (χ1) is 9.08. The van der Waals surface area contributed by atoms with Crippen LogP contribution in [0.5, 0.6) is 5.75 Å². The first-order valence-corrected chi connectivity index (χ1v) is 6.58. The largest absolute Gasteiger partial charge is 0.507 e. The molecule has 1 amide bonds. The molecule has 0 spiro atoms. The molecule has 1 atom stereocenters. The second kappa shape index (κ2) is 6.02. The summed E-state index contributed by atoms with van der Waals surface area (Å²) in [6.45, 7) is 3.86. The van der Waals surface area contributed by atoms with Gasteiger partial charge in [-0.15, -0.1) is 0 Å². The van der Waals surface area contributed by atoms with Crippen LogP contribution in [0.1, 0.15) is 30.1 Å². The van der Waals surface area contributed by atoms with Gasteiger partial charge in [0, 0.05) is 6.04 Å². The van der Waals surface area contributed by atoms with Crippen molar-refractivity contribution >= 4 is 5.91 Å². The van der Waals surface area contributed by atoms with E-state index in [4.69, 9.17) is 0 Å². The van der Waals surface area contributed by atoms with Gasteiger partial charge in [0.15, 0.2) is 0 Å². The van der Waals surface area contributed by atoms with E-state index in [1.807, 2.05) is 6.92 Å². The van der Waals surface area contributed by atoms with E-state index in [1.54, 1.807) is 0 Å². The fourth-order valence-electron chi connectivity index (χ4n) is 2.44. The Kier molecular flexibility index (Phi) is 4.37. The summed E-state index contributed by atoms with van der Waals surface area (Å²) in [5.74, 6) is -0.738. The van der Waals surface area contributed by atoms with Crippen LogP contribution < -0.4 is 10.6 Å². The molecule has 3 N–H and O–H groups in total. The Hall–Kier alpha value is -1.62. The average Bonchev–Trinajstić information content (AvgIpc) is 2.42. The van der Waals surface area contributed by atoms with Crippen LogP contribution in [0.15, 0.2) is 18.2 Å². The van der Waals surface area contributed by atoms with Crippen molar-refractivity contribution in [2.24, 2.45) is 5.92 Å². The van der Waals surface area contributed by atoms with Gasteiger partial charge in [0.1, 0.15) is 11.6 Å². The minimum absolute atomic E-state index is 0.0114. The lowest BCUT2D eigenvalue weighted by Crippen LogP contribution is -2.42. The van der Waals surface area contributed by atoms with Gasteiger partial charge in [-0.05, 0) is 57.0 Å². The summed E-state index contributed by atoms with van der Waals surface area (Å²) in [5, 5.41) is 15.7. The Morgan fingerprint density at radius 1 is 1.47 bits per heavy atom. The number of phenolic OH excluding ortho intramolecular Hbond substituents is 1. The third-order valence-corrected chi connectivity index (χ3v) is 3.65. The highest BCUT2D eigenvalue weighted by atomic mass is 19.1. The zero-order valence-electron chi connectivity index (χ0n) is 10.9. The molecule has 19 heavy (non-hydrogen) atoms. The normalized spacial score (nSPS) is 18.0. The van der Waals surface area contributed by atoms with Gasteiger partial charge in [0.25, 0.3) is 5.91 Å². The fourth-order valence-corrected chi connectivity index (χ4v) is 2.44. The molecule has 1 aromatic rings. The quantitative estimate of drug-likeness (QED) is 0.779. The van der Waals surface area contributed by atoms with Crippen LogP contribution in [0.25, 0.3) is 0 Å². The average molecular weight is 266 g/mol. The zero-order valence-corrected chi connectivity index (χ0v) is 10.9. The van der Waals surface area contributed by atoms with Crippen molar-refractivity contribution in [3.05, 3.63) is 29.6 Å². The lowest BCUT2D eigenvalue weighted by atomic mass is 9.91. The van der Waals surface area contributed by atoms with Crippen molar-refractivity contribution in [1.82, 2.24) is 10.6 Å². The molecule has 1 aliphatic heterocycles. The second-order valence-corrected chi connectivity index (χ2v) is 5.01. The number of hydrogen-bond acceptors (Lipinski definition) is 3. The molecular weight excluding hydrogens is 247 g/mol. The molecule has 2 rings (SSSR count). The standard InChI is InChI=1S/C14H19FN2O2/c1-9(10-4-6-16-7-5-10)17-14(19)12-8-11(15)2-3-13(12)18/h2-3,8-10,16,18H,4-7H2,1H3,(H,17,19). The zero-order chi connectivity index (χ0) is 13.8. The van der Waals surface area contributed by atoms with Crippen LogP contribution >= 0.6 is 0 Å². The molecule has 0 aliphatic carbocycles. The van der Waals surface area contributed by atoms with Crippen LogP contribution in [0.3, 0.4) is 0 Å². The van der Waals surface area contributed by atoms with Crippen LogP contribution in [-0.2, 0) is 0 Å². The lowest BCUT2D eigenvalue weighted by molar-refractivity contribution is 0.0917. The van der Waals surface area contributed by atoms with Crippen molar-refractivity contribution < 1.29 is 14.3 Å². The van der Waals surface area contributed by atoms with E-state index >= 15 is 0 Å². The summed E-state index contributed by atoms with van der Waals surface area (Å²) in [6.07, 6.45) is 2.02. The Morgan fingerprint density at radius 2 is 2.16 bits per heavy atom. The van der Waals surface area contributed by atoms with Gasteiger partial charge in [-0.2, -0.15) is 0 Å². The number of phenols is 1. The Labute approximate surface area is 112 Å². The predicted molar refractivity (Wildman–Crippen MR) is 70.6 cm³/mol. The van der Waals surface area contributed by atoms with Crippen molar-refractivity contribution in [2.45, 2.75) is 25.8 Å². The number of carbonyl (C=O) groups is 1. The van der Waals surface area contributed by atoms with E-state index in [0.29, 0.717) is 5.92 Å². The third-order valence-electron chi connectivity index (χ3n) is 3.65. The second-order valence-electron chi connectivity index (χ2n) is 5.01. The van der Waals surface area contributed by atoms with Gasteiger partial charge >= 0.3 is 0 Å². The molecule has 0 aromatic heterocycles. The number of hydrogen-bond donors (Lipinski definition) is 3. The van der Waals surface area contributed by atoms with Crippen molar-refractivity contribution in [1.29, 1.82) is 0 Å². The molecule has 1 aromatic carbocycles. The number of piperidine rings is 1. The number of halogens is 1. The Morgan fingerprint density at radius 3 is 2.84 bits per heavy atom. The highest BCUT2D eigenvalue weighted by Crippen LogP contribution is 2.20. The molecule has 104 valence electrons. The molecule has 1 unspecified atom stereocenters. The number of amides is 1. The molecule has 5 heteroatoms. The van der Waals surface area contributed by atoms with Gasteiger partial charge in [-0.1, -0.05) is 0 Å². The van der Waals surface area contributed by atoms with Gasteiger partial charge in [0.2, 0.25) is 0 Å². The maximum Gasteiger partial charge on any atom is 0.255 e. The molecular formula is C14H19FN2O2. The minimum atomic E-state index is -0.530. The van der Waals surface area contributed by atoms with Gasteiger partial charge in [0.05, 0.1) is 5.56 Å². The summed E-state index contributed by atoms with van der Waals surface area (Å²) in [6, 6.07) is 3.39. The van der Waals surface area contributed by atoms with Gasteiger partial charge in [-0.25, -0.2) is 4.39 Å². The SMILES string of the molecule is CC(NC(=O)c1cc(F)ccc1O)C1CCNCC1. The highest BCUT2D eigenvalue weighted by Gasteiger charge is 2.22. The van der Waals surface area contributed by atoms with Crippen molar-refractivity contribution in [2.75, 3.05) is 13.1 Å². The number of rotatable bonds is 3. The van der Waals surface area contributed by atoms with E-state index < -0.39 is 11.7 Å². The number of benzene rings is 1. The van der Waals surface area contributed by atoms with E-state index in [1.165, 1.54) is 6.07 Å². The van der Waals surface area contributed by atoms with E-state index in [2.05, 4.69) is 10.6 Å². The first-order valence-electron chi connectivity index (χ1n) is 6.58. The van der Waals surface area contributed by atoms with Crippen LogP contribution in [-0.4, -0.2) is 30.1 Å². The Bertz CT molecular complexity index is 459. The van der Waals surface area contributed by atoms with Gasteiger partial charge < -0.3 is 15.7 Å². The van der Waals surface area contributed by atoms with Crippen LogP contribution in [0, 0.1) is 11.7 Å². The maximum absolute atomic E-state index is 13.1. The molecule has 4 nitrogen and oxygen atoms in total. The predicted octanol–water partition coefficient (Wildman–Crippen LogP) is 1.65. The summed E-state index contributed by atoms with van der Waals surface area (Å²) in [5.41, 5.74) is -0.0132. The first kappa shape index (κ1) is 13.8. The summed E-state index contributed by atoms with van der Waals surface area (Å²) in [4.78, 5) is 12.0. The number of carbonyl (C=O) groups excluding carboxylic acids is 1. The molecule has 1 fully saturated rings. The molecule has 1 saturated heterocycles. The topological polar surface area (TPSA) is 61.4 Å².